The highest BCUT2D eigenvalue weighted by Gasteiger charge is 2.13. The van der Waals surface area contributed by atoms with Gasteiger partial charge in [0.15, 0.2) is 0 Å². The molecule has 0 atom stereocenters. The first-order valence-electron chi connectivity index (χ1n) is 5.12. The molecule has 0 aliphatic rings. The quantitative estimate of drug-likeness (QED) is 0.323. The van der Waals surface area contributed by atoms with E-state index in [1.165, 1.54) is 0 Å². The van der Waals surface area contributed by atoms with Crippen molar-refractivity contribution in [2.45, 2.75) is 0 Å². The molecule has 0 saturated carbocycles. The Kier molecular flexibility index (Phi) is 3.59. The molecule has 4 N–H and O–H groups in total. The molecule has 0 unspecified atom stereocenters. The summed E-state index contributed by atoms with van der Waals surface area (Å²) < 4.78 is 0.916. The van der Waals surface area contributed by atoms with Gasteiger partial charge >= 0.3 is 11.8 Å². The molecule has 0 aliphatic heterocycles. The Hall–Kier alpha value is -1.92. The molecule has 0 aromatic heterocycles. The van der Waals surface area contributed by atoms with Gasteiger partial charge in [0.1, 0.15) is 0 Å². The molecule has 2 aromatic rings. The Morgan fingerprint density at radius 3 is 2.33 bits per heavy atom. The summed E-state index contributed by atoms with van der Waals surface area (Å²) in [5, 5.41) is 4.30. The Labute approximate surface area is 111 Å². The maximum Gasteiger partial charge on any atom is 0.323 e. The molecule has 0 heterocycles. The average molecular weight is 308 g/mol. The van der Waals surface area contributed by atoms with Gasteiger partial charge in [-0.2, -0.15) is 0 Å². The Morgan fingerprint density at radius 1 is 1.00 bits per heavy atom. The van der Waals surface area contributed by atoms with Gasteiger partial charge in [0.2, 0.25) is 0 Å². The molecule has 92 valence electrons. The number of nitrogens with two attached hydrogens (primary N) is 1. The predicted molar refractivity (Wildman–Crippen MR) is 72.6 cm³/mol. The molecule has 18 heavy (non-hydrogen) atoms. The number of benzene rings is 2. The van der Waals surface area contributed by atoms with Gasteiger partial charge < -0.3 is 5.32 Å². The van der Waals surface area contributed by atoms with Gasteiger partial charge in [0, 0.05) is 15.5 Å². The molecule has 0 radical (unpaired) electrons. The molecular weight excluding hydrogens is 298 g/mol. The normalized spacial score (nSPS) is 10.1. The minimum Gasteiger partial charge on any atom is -0.317 e. The maximum absolute atomic E-state index is 11.5. The topological polar surface area (TPSA) is 84.2 Å². The van der Waals surface area contributed by atoms with Gasteiger partial charge in [0.25, 0.3) is 0 Å². The molecule has 2 aromatic carbocycles. The second-order valence-corrected chi connectivity index (χ2v) is 4.42. The third-order valence-electron chi connectivity index (χ3n) is 2.46. The molecule has 6 heteroatoms. The first kappa shape index (κ1) is 12.5. The van der Waals surface area contributed by atoms with Crippen LogP contribution in [0.2, 0.25) is 0 Å². The van der Waals surface area contributed by atoms with E-state index in [9.17, 15) is 9.59 Å². The Bertz CT molecular complexity index is 628. The highest BCUT2D eigenvalue weighted by atomic mass is 79.9. The Balaban J connectivity index is 2.43. The van der Waals surface area contributed by atoms with Gasteiger partial charge in [-0.05, 0) is 17.5 Å². The van der Waals surface area contributed by atoms with Crippen molar-refractivity contribution >= 4 is 44.2 Å². The molecule has 0 spiro atoms. The van der Waals surface area contributed by atoms with Crippen LogP contribution in [0.25, 0.3) is 10.8 Å². The summed E-state index contributed by atoms with van der Waals surface area (Å²) >= 11 is 3.43. The number of halogens is 1. The van der Waals surface area contributed by atoms with Crippen LogP contribution < -0.4 is 16.6 Å². The molecule has 0 aliphatic carbocycles. The van der Waals surface area contributed by atoms with Crippen LogP contribution in [0.15, 0.2) is 40.9 Å². The van der Waals surface area contributed by atoms with Crippen LogP contribution in [0.5, 0.6) is 0 Å². The second kappa shape index (κ2) is 5.16. The summed E-state index contributed by atoms with van der Waals surface area (Å²) in [6, 6.07) is 11.0. The summed E-state index contributed by atoms with van der Waals surface area (Å²) in [6.45, 7) is 0. The number of amides is 2. The standard InChI is InChI=1S/C12H10BrN3O2/c13-9-5-6-10(15-11(17)12(18)16-14)8-4-2-1-3-7(8)9/h1-6H,14H2,(H,15,17)(H,16,18). The van der Waals surface area contributed by atoms with Crippen molar-refractivity contribution in [2.75, 3.05) is 5.32 Å². The molecule has 0 bridgehead atoms. The average Bonchev–Trinajstić information content (AvgIpc) is 2.41. The van der Waals surface area contributed by atoms with Crippen LogP contribution in [-0.4, -0.2) is 11.8 Å². The van der Waals surface area contributed by atoms with Gasteiger partial charge in [-0.1, -0.05) is 40.2 Å². The number of anilines is 1. The van der Waals surface area contributed by atoms with Gasteiger partial charge in [-0.3, -0.25) is 15.0 Å². The lowest BCUT2D eigenvalue weighted by Gasteiger charge is -2.09. The van der Waals surface area contributed by atoms with Crippen LogP contribution in [0.4, 0.5) is 5.69 Å². The third kappa shape index (κ3) is 2.34. The SMILES string of the molecule is NNC(=O)C(=O)Nc1ccc(Br)c2ccccc12. The highest BCUT2D eigenvalue weighted by molar-refractivity contribution is 9.10. The highest BCUT2D eigenvalue weighted by Crippen LogP contribution is 2.29. The van der Waals surface area contributed by atoms with Crippen LogP contribution in [0.1, 0.15) is 0 Å². The molecule has 2 rings (SSSR count). The fraction of sp³-hybridized carbons (Fsp3) is 0. The molecule has 5 nitrogen and oxygen atoms in total. The first-order chi connectivity index (χ1) is 8.63. The van der Waals surface area contributed by atoms with Crippen LogP contribution >= 0.6 is 15.9 Å². The van der Waals surface area contributed by atoms with E-state index < -0.39 is 11.8 Å². The third-order valence-corrected chi connectivity index (χ3v) is 3.15. The summed E-state index contributed by atoms with van der Waals surface area (Å²) in [6.07, 6.45) is 0. The molecule has 0 saturated heterocycles. The number of carbonyl (C=O) groups is 2. The van der Waals surface area contributed by atoms with E-state index in [1.807, 2.05) is 24.3 Å². The van der Waals surface area contributed by atoms with Crippen molar-refractivity contribution in [1.82, 2.24) is 5.43 Å². The zero-order valence-electron chi connectivity index (χ0n) is 9.24. The second-order valence-electron chi connectivity index (χ2n) is 3.57. The number of carbonyl (C=O) groups excluding carboxylic acids is 2. The lowest BCUT2D eigenvalue weighted by Crippen LogP contribution is -2.39. The number of hydrogen-bond donors (Lipinski definition) is 3. The zero-order chi connectivity index (χ0) is 13.1. The largest absolute Gasteiger partial charge is 0.323 e. The minimum absolute atomic E-state index is 0.558. The van der Waals surface area contributed by atoms with E-state index in [1.54, 1.807) is 17.6 Å². The van der Waals surface area contributed by atoms with Crippen molar-refractivity contribution in [3.8, 4) is 0 Å². The molecule has 0 fully saturated rings. The molecular formula is C12H10BrN3O2. The van der Waals surface area contributed by atoms with Crippen LogP contribution in [-0.2, 0) is 9.59 Å². The number of nitrogens with one attached hydrogen (secondary N) is 2. The van der Waals surface area contributed by atoms with E-state index in [-0.39, 0.29) is 0 Å². The van der Waals surface area contributed by atoms with Gasteiger partial charge in [-0.25, -0.2) is 5.84 Å². The number of hydrogen-bond acceptors (Lipinski definition) is 3. The van der Waals surface area contributed by atoms with Gasteiger partial charge in [0.05, 0.1) is 0 Å². The summed E-state index contributed by atoms with van der Waals surface area (Å²) in [7, 11) is 0. The van der Waals surface area contributed by atoms with E-state index in [2.05, 4.69) is 21.2 Å². The van der Waals surface area contributed by atoms with Gasteiger partial charge in [-0.15, -0.1) is 0 Å². The van der Waals surface area contributed by atoms with Crippen LogP contribution in [0.3, 0.4) is 0 Å². The Morgan fingerprint density at radius 2 is 1.67 bits per heavy atom. The van der Waals surface area contributed by atoms with E-state index in [0.717, 1.165) is 15.2 Å². The number of rotatable bonds is 1. The predicted octanol–water partition coefficient (Wildman–Crippen LogP) is 1.53. The molecule has 2 amide bonds. The number of fused-ring (bicyclic) bond motifs is 1. The van der Waals surface area contributed by atoms with Crippen molar-refractivity contribution in [3.05, 3.63) is 40.9 Å². The number of hydrazine groups is 1. The minimum atomic E-state index is -0.887. The monoisotopic (exact) mass is 307 g/mol. The van der Waals surface area contributed by atoms with Crippen LogP contribution in [0, 0.1) is 0 Å². The fourth-order valence-corrected chi connectivity index (χ4v) is 2.09. The smallest absolute Gasteiger partial charge is 0.317 e. The maximum atomic E-state index is 11.5. The van der Waals surface area contributed by atoms with Crippen molar-refractivity contribution in [1.29, 1.82) is 0 Å². The summed E-state index contributed by atoms with van der Waals surface area (Å²) in [4.78, 5) is 22.5. The summed E-state index contributed by atoms with van der Waals surface area (Å²) in [5.74, 6) is 3.21. The first-order valence-corrected chi connectivity index (χ1v) is 5.92. The van der Waals surface area contributed by atoms with E-state index in [4.69, 9.17) is 5.84 Å². The van der Waals surface area contributed by atoms with Crippen molar-refractivity contribution < 1.29 is 9.59 Å². The van der Waals surface area contributed by atoms with Crippen molar-refractivity contribution in [2.24, 2.45) is 5.84 Å². The lowest BCUT2D eigenvalue weighted by atomic mass is 10.1. The summed E-state index contributed by atoms with van der Waals surface area (Å²) in [5.41, 5.74) is 2.34. The lowest BCUT2D eigenvalue weighted by molar-refractivity contribution is -0.136. The van der Waals surface area contributed by atoms with Crippen molar-refractivity contribution in [3.63, 3.8) is 0 Å². The zero-order valence-corrected chi connectivity index (χ0v) is 10.8. The van der Waals surface area contributed by atoms with E-state index >= 15 is 0 Å². The van der Waals surface area contributed by atoms with E-state index in [0.29, 0.717) is 5.69 Å². The fourth-order valence-electron chi connectivity index (χ4n) is 1.62.